The number of Topliss-reactive ketones (excluding diaryl/α,β-unsaturated/α-hetero) is 1. The number of nitrogens with one attached hydrogen (secondary N) is 1. The Morgan fingerprint density at radius 1 is 1.50 bits per heavy atom. The van der Waals surface area contributed by atoms with Crippen LogP contribution in [0.5, 0.6) is 5.75 Å². The molecule has 1 atom stereocenters. The van der Waals surface area contributed by atoms with Crippen molar-refractivity contribution in [3.8, 4) is 5.75 Å². The summed E-state index contributed by atoms with van der Waals surface area (Å²) >= 11 is 0. The van der Waals surface area contributed by atoms with E-state index < -0.39 is 0 Å². The molecule has 1 aromatic carbocycles. The lowest BCUT2D eigenvalue weighted by molar-refractivity contribution is 0.0971. The van der Waals surface area contributed by atoms with Crippen molar-refractivity contribution >= 4 is 5.78 Å². The first-order valence-electron chi connectivity index (χ1n) is 6.70. The molecular weight excluding hydrogens is 226 g/mol. The standard InChI is InChI=1S/C15H21NO2/c1-3-18-15-7-6-12(9-11(15)2)14(17)10-13-5-4-8-16-13/h6-7,9,13,16H,3-5,8,10H2,1-2H3. The van der Waals surface area contributed by atoms with Crippen LogP contribution in [0.1, 0.15) is 42.1 Å². The summed E-state index contributed by atoms with van der Waals surface area (Å²) in [4.78, 5) is 12.1. The van der Waals surface area contributed by atoms with Crippen molar-refractivity contribution in [3.63, 3.8) is 0 Å². The number of aryl methyl sites for hydroxylation is 1. The van der Waals surface area contributed by atoms with E-state index in [-0.39, 0.29) is 5.78 Å². The number of carbonyl (C=O) groups is 1. The second kappa shape index (κ2) is 6.01. The molecule has 1 aromatic rings. The van der Waals surface area contributed by atoms with E-state index in [2.05, 4.69) is 5.32 Å². The van der Waals surface area contributed by atoms with Crippen molar-refractivity contribution in [1.82, 2.24) is 5.32 Å². The number of ether oxygens (including phenoxy) is 1. The first kappa shape index (κ1) is 13.1. The van der Waals surface area contributed by atoms with Gasteiger partial charge in [0.25, 0.3) is 0 Å². The first-order chi connectivity index (χ1) is 8.70. The van der Waals surface area contributed by atoms with E-state index >= 15 is 0 Å². The largest absolute Gasteiger partial charge is 0.494 e. The molecule has 2 rings (SSSR count). The molecule has 3 heteroatoms. The third-order valence-electron chi connectivity index (χ3n) is 3.39. The second-order valence-corrected chi connectivity index (χ2v) is 4.83. The van der Waals surface area contributed by atoms with Gasteiger partial charge < -0.3 is 10.1 Å². The van der Waals surface area contributed by atoms with Gasteiger partial charge >= 0.3 is 0 Å². The van der Waals surface area contributed by atoms with Crippen molar-refractivity contribution in [3.05, 3.63) is 29.3 Å². The molecule has 1 fully saturated rings. The van der Waals surface area contributed by atoms with E-state index in [9.17, 15) is 4.79 Å². The lowest BCUT2D eigenvalue weighted by Gasteiger charge is -2.11. The zero-order valence-corrected chi connectivity index (χ0v) is 11.2. The molecule has 0 radical (unpaired) electrons. The van der Waals surface area contributed by atoms with Crippen LogP contribution >= 0.6 is 0 Å². The summed E-state index contributed by atoms with van der Waals surface area (Å²) in [5, 5.41) is 3.36. The summed E-state index contributed by atoms with van der Waals surface area (Å²) in [7, 11) is 0. The molecule has 18 heavy (non-hydrogen) atoms. The van der Waals surface area contributed by atoms with Gasteiger partial charge in [-0.1, -0.05) is 0 Å². The number of rotatable bonds is 5. The fourth-order valence-corrected chi connectivity index (χ4v) is 2.41. The Bertz CT molecular complexity index is 423. The highest BCUT2D eigenvalue weighted by Crippen LogP contribution is 2.21. The molecule has 1 heterocycles. The summed E-state index contributed by atoms with van der Waals surface area (Å²) in [6, 6.07) is 6.07. The maximum Gasteiger partial charge on any atom is 0.164 e. The van der Waals surface area contributed by atoms with Gasteiger partial charge in [0.15, 0.2) is 5.78 Å². The molecule has 1 aliphatic rings. The fourth-order valence-electron chi connectivity index (χ4n) is 2.41. The predicted octanol–water partition coefficient (Wildman–Crippen LogP) is 2.72. The van der Waals surface area contributed by atoms with Crippen LogP contribution in [0, 0.1) is 6.92 Å². The summed E-state index contributed by atoms with van der Waals surface area (Å²) in [6.45, 7) is 5.64. The topological polar surface area (TPSA) is 38.3 Å². The van der Waals surface area contributed by atoms with Gasteiger partial charge in [-0.15, -0.1) is 0 Å². The number of hydrogen-bond acceptors (Lipinski definition) is 3. The van der Waals surface area contributed by atoms with Crippen molar-refractivity contribution < 1.29 is 9.53 Å². The molecule has 0 aromatic heterocycles. The summed E-state index contributed by atoms with van der Waals surface area (Å²) in [5.74, 6) is 1.09. The second-order valence-electron chi connectivity index (χ2n) is 4.83. The van der Waals surface area contributed by atoms with Crippen LogP contribution < -0.4 is 10.1 Å². The average Bonchev–Trinajstić information content (AvgIpc) is 2.84. The minimum atomic E-state index is 0.223. The van der Waals surface area contributed by atoms with E-state index in [0.29, 0.717) is 19.1 Å². The Hall–Kier alpha value is -1.35. The van der Waals surface area contributed by atoms with Crippen LogP contribution in [-0.2, 0) is 0 Å². The zero-order chi connectivity index (χ0) is 13.0. The van der Waals surface area contributed by atoms with Crippen LogP contribution in [-0.4, -0.2) is 25.0 Å². The monoisotopic (exact) mass is 247 g/mol. The zero-order valence-electron chi connectivity index (χ0n) is 11.2. The molecule has 1 aliphatic heterocycles. The number of hydrogen-bond donors (Lipinski definition) is 1. The van der Waals surface area contributed by atoms with Crippen LogP contribution in [0.25, 0.3) is 0 Å². The maximum absolute atomic E-state index is 12.1. The number of benzene rings is 1. The molecular formula is C15H21NO2. The van der Waals surface area contributed by atoms with Gasteiger partial charge in [0, 0.05) is 18.0 Å². The average molecular weight is 247 g/mol. The van der Waals surface area contributed by atoms with Crippen LogP contribution in [0.3, 0.4) is 0 Å². The third kappa shape index (κ3) is 3.10. The van der Waals surface area contributed by atoms with Crippen molar-refractivity contribution in [1.29, 1.82) is 0 Å². The van der Waals surface area contributed by atoms with E-state index in [0.717, 1.165) is 29.8 Å². The van der Waals surface area contributed by atoms with Crippen LogP contribution in [0.2, 0.25) is 0 Å². The van der Waals surface area contributed by atoms with E-state index in [1.165, 1.54) is 6.42 Å². The van der Waals surface area contributed by atoms with Crippen molar-refractivity contribution in [2.24, 2.45) is 0 Å². The molecule has 0 aliphatic carbocycles. The summed E-state index contributed by atoms with van der Waals surface area (Å²) in [6.07, 6.45) is 2.90. The minimum Gasteiger partial charge on any atom is -0.494 e. The fraction of sp³-hybridized carbons (Fsp3) is 0.533. The van der Waals surface area contributed by atoms with E-state index in [4.69, 9.17) is 4.74 Å². The predicted molar refractivity (Wildman–Crippen MR) is 72.3 cm³/mol. The lowest BCUT2D eigenvalue weighted by atomic mass is 10.0. The number of ketones is 1. The van der Waals surface area contributed by atoms with Gasteiger partial charge in [-0.3, -0.25) is 4.79 Å². The highest BCUT2D eigenvalue weighted by atomic mass is 16.5. The van der Waals surface area contributed by atoms with E-state index in [1.54, 1.807) is 0 Å². The highest BCUT2D eigenvalue weighted by Gasteiger charge is 2.18. The SMILES string of the molecule is CCOc1ccc(C(=O)CC2CCCN2)cc1C. The van der Waals surface area contributed by atoms with Crippen LogP contribution in [0.15, 0.2) is 18.2 Å². The Morgan fingerprint density at radius 2 is 2.33 bits per heavy atom. The molecule has 0 bridgehead atoms. The molecule has 98 valence electrons. The first-order valence-corrected chi connectivity index (χ1v) is 6.70. The van der Waals surface area contributed by atoms with E-state index in [1.807, 2.05) is 32.0 Å². The normalized spacial score (nSPS) is 18.9. The van der Waals surface area contributed by atoms with Gasteiger partial charge in [-0.25, -0.2) is 0 Å². The van der Waals surface area contributed by atoms with Crippen LogP contribution in [0.4, 0.5) is 0 Å². The van der Waals surface area contributed by atoms with Gasteiger partial charge in [0.05, 0.1) is 6.61 Å². The molecule has 0 amide bonds. The van der Waals surface area contributed by atoms with Gasteiger partial charge in [-0.05, 0) is 57.0 Å². The molecule has 1 saturated heterocycles. The Balaban J connectivity index is 2.03. The van der Waals surface area contributed by atoms with Crippen molar-refractivity contribution in [2.45, 2.75) is 39.2 Å². The summed E-state index contributed by atoms with van der Waals surface area (Å²) in [5.41, 5.74) is 1.83. The number of carbonyl (C=O) groups excluding carboxylic acids is 1. The molecule has 1 N–H and O–H groups in total. The third-order valence-corrected chi connectivity index (χ3v) is 3.39. The van der Waals surface area contributed by atoms with Gasteiger partial charge in [-0.2, -0.15) is 0 Å². The van der Waals surface area contributed by atoms with Gasteiger partial charge in [0.1, 0.15) is 5.75 Å². The maximum atomic E-state index is 12.1. The smallest absolute Gasteiger partial charge is 0.164 e. The molecule has 0 spiro atoms. The summed E-state index contributed by atoms with van der Waals surface area (Å²) < 4.78 is 5.48. The molecule has 1 unspecified atom stereocenters. The Morgan fingerprint density at radius 3 is 2.94 bits per heavy atom. The Kier molecular flexibility index (Phi) is 4.37. The van der Waals surface area contributed by atoms with Gasteiger partial charge in [0.2, 0.25) is 0 Å². The highest BCUT2D eigenvalue weighted by molar-refractivity contribution is 5.96. The minimum absolute atomic E-state index is 0.223. The quantitative estimate of drug-likeness (QED) is 0.813. The van der Waals surface area contributed by atoms with Crippen molar-refractivity contribution in [2.75, 3.05) is 13.2 Å². The lowest BCUT2D eigenvalue weighted by Crippen LogP contribution is -2.24. The molecule has 0 saturated carbocycles. The Labute approximate surface area is 109 Å². The molecule has 3 nitrogen and oxygen atoms in total.